The van der Waals surface area contributed by atoms with Crippen LogP contribution in [0, 0.1) is 11.3 Å². The topological polar surface area (TPSA) is 102 Å². The van der Waals surface area contributed by atoms with E-state index in [1.165, 1.54) is 6.07 Å². The molecule has 0 atom stereocenters. The smallest absolute Gasteiger partial charge is 0.374 e. The summed E-state index contributed by atoms with van der Waals surface area (Å²) >= 11 is 0. The van der Waals surface area contributed by atoms with Crippen LogP contribution in [0.2, 0.25) is 0 Å². The summed E-state index contributed by atoms with van der Waals surface area (Å²) in [5, 5.41) is 11.5. The molecule has 3 rings (SSSR count). The summed E-state index contributed by atoms with van der Waals surface area (Å²) in [6.45, 7) is -0.349. The van der Waals surface area contributed by atoms with Crippen molar-refractivity contribution in [1.82, 2.24) is 0 Å². The zero-order valence-corrected chi connectivity index (χ0v) is 14.8. The molecule has 7 nitrogen and oxygen atoms in total. The average molecular weight is 376 g/mol. The van der Waals surface area contributed by atoms with Gasteiger partial charge < -0.3 is 19.2 Å². The molecule has 0 aliphatic carbocycles. The lowest BCUT2D eigenvalue weighted by Crippen LogP contribution is -2.21. The van der Waals surface area contributed by atoms with Crippen LogP contribution in [0.1, 0.15) is 21.9 Å². The summed E-state index contributed by atoms with van der Waals surface area (Å²) in [5.74, 6) is -0.234. The number of nitrogens with zero attached hydrogens (tertiary/aromatic N) is 1. The number of para-hydroxylation sites is 2. The third-order valence-corrected chi connectivity index (χ3v) is 3.64. The number of furan rings is 1. The minimum absolute atomic E-state index is 0.0307. The molecule has 1 aromatic heterocycles. The van der Waals surface area contributed by atoms with Crippen molar-refractivity contribution < 1.29 is 23.5 Å². The van der Waals surface area contributed by atoms with Gasteiger partial charge in [0.2, 0.25) is 5.76 Å². The fraction of sp³-hybridized carbons (Fsp3) is 0.0952. The van der Waals surface area contributed by atoms with Gasteiger partial charge in [-0.05, 0) is 36.4 Å². The predicted molar refractivity (Wildman–Crippen MR) is 99.6 cm³/mol. The van der Waals surface area contributed by atoms with Crippen LogP contribution in [0.3, 0.4) is 0 Å². The van der Waals surface area contributed by atoms with E-state index in [1.807, 2.05) is 24.3 Å². The number of amides is 1. The van der Waals surface area contributed by atoms with Gasteiger partial charge in [-0.15, -0.1) is 0 Å². The Morgan fingerprint density at radius 1 is 1.00 bits per heavy atom. The van der Waals surface area contributed by atoms with E-state index in [1.54, 1.807) is 42.5 Å². The number of rotatable bonds is 7. The number of carbonyl (C=O) groups excluding carboxylic acids is 2. The predicted octanol–water partition coefficient (Wildman–Crippen LogP) is 3.53. The molecule has 0 unspecified atom stereocenters. The normalized spacial score (nSPS) is 9.96. The van der Waals surface area contributed by atoms with E-state index in [4.69, 9.17) is 19.2 Å². The molecule has 0 radical (unpaired) electrons. The fourth-order valence-corrected chi connectivity index (χ4v) is 2.31. The van der Waals surface area contributed by atoms with Gasteiger partial charge in [0.25, 0.3) is 5.91 Å². The van der Waals surface area contributed by atoms with Gasteiger partial charge in [-0.25, -0.2) is 4.79 Å². The number of carbonyl (C=O) groups is 2. The first-order chi connectivity index (χ1) is 13.7. The lowest BCUT2D eigenvalue weighted by atomic mass is 10.2. The van der Waals surface area contributed by atoms with Gasteiger partial charge in [-0.3, -0.25) is 4.79 Å². The van der Waals surface area contributed by atoms with Crippen LogP contribution in [0.15, 0.2) is 71.1 Å². The Morgan fingerprint density at radius 3 is 2.54 bits per heavy atom. The van der Waals surface area contributed by atoms with Crippen molar-refractivity contribution in [2.24, 2.45) is 0 Å². The zero-order valence-electron chi connectivity index (χ0n) is 14.8. The first-order valence-electron chi connectivity index (χ1n) is 8.38. The summed E-state index contributed by atoms with van der Waals surface area (Å²) in [4.78, 5) is 24.0. The maximum Gasteiger partial charge on any atom is 0.374 e. The maximum absolute atomic E-state index is 12.0. The summed E-state index contributed by atoms with van der Waals surface area (Å²) in [6, 6.07) is 20.7. The molecule has 1 heterocycles. The van der Waals surface area contributed by atoms with Crippen molar-refractivity contribution in [3.63, 3.8) is 0 Å². The van der Waals surface area contributed by atoms with Crippen LogP contribution in [-0.2, 0) is 16.1 Å². The summed E-state index contributed by atoms with van der Waals surface area (Å²) in [6.07, 6.45) is 0. The Hall–Kier alpha value is -4.05. The summed E-state index contributed by atoms with van der Waals surface area (Å²) in [7, 11) is 0. The van der Waals surface area contributed by atoms with Crippen molar-refractivity contribution >= 4 is 17.6 Å². The minimum atomic E-state index is -0.769. The highest BCUT2D eigenvalue weighted by Crippen LogP contribution is 2.15. The highest BCUT2D eigenvalue weighted by Gasteiger charge is 2.15. The molecule has 0 aliphatic heterocycles. The van der Waals surface area contributed by atoms with Crippen LogP contribution in [-0.4, -0.2) is 18.5 Å². The number of hydrogen-bond acceptors (Lipinski definition) is 6. The number of ether oxygens (including phenoxy) is 2. The van der Waals surface area contributed by atoms with Crippen molar-refractivity contribution in [2.75, 3.05) is 11.9 Å². The Labute approximate surface area is 161 Å². The Bertz CT molecular complexity index is 1000. The first kappa shape index (κ1) is 18.7. The Morgan fingerprint density at radius 2 is 1.75 bits per heavy atom. The standard InChI is InChI=1S/C21H16N2O5/c22-12-15-6-4-5-9-18(15)23-20(24)14-27-21(25)19-11-10-17(28-19)13-26-16-7-2-1-3-8-16/h1-11H,13-14H2,(H,23,24). The highest BCUT2D eigenvalue weighted by atomic mass is 16.6. The molecular weight excluding hydrogens is 360 g/mol. The van der Waals surface area contributed by atoms with E-state index >= 15 is 0 Å². The number of nitrogens with one attached hydrogen (secondary N) is 1. The third kappa shape index (κ3) is 4.99. The van der Waals surface area contributed by atoms with Gasteiger partial charge in [-0.2, -0.15) is 5.26 Å². The average Bonchev–Trinajstić information content (AvgIpc) is 3.21. The lowest BCUT2D eigenvalue weighted by molar-refractivity contribution is -0.119. The molecule has 1 N–H and O–H groups in total. The fourth-order valence-electron chi connectivity index (χ4n) is 2.31. The van der Waals surface area contributed by atoms with Gasteiger partial charge in [0.15, 0.2) is 6.61 Å². The number of hydrogen-bond donors (Lipinski definition) is 1. The largest absolute Gasteiger partial charge is 0.486 e. The van der Waals surface area contributed by atoms with Crippen LogP contribution in [0.5, 0.6) is 5.75 Å². The summed E-state index contributed by atoms with van der Waals surface area (Å²) < 4.78 is 15.9. The van der Waals surface area contributed by atoms with E-state index in [-0.39, 0.29) is 12.4 Å². The van der Waals surface area contributed by atoms with Gasteiger partial charge >= 0.3 is 5.97 Å². The molecule has 140 valence electrons. The SMILES string of the molecule is N#Cc1ccccc1NC(=O)COC(=O)c1ccc(COc2ccccc2)o1. The number of benzene rings is 2. The van der Waals surface area contributed by atoms with Crippen molar-refractivity contribution in [2.45, 2.75) is 6.61 Å². The number of nitriles is 1. The van der Waals surface area contributed by atoms with E-state index in [0.717, 1.165) is 0 Å². The molecule has 0 fully saturated rings. The van der Waals surface area contributed by atoms with E-state index in [0.29, 0.717) is 22.8 Å². The molecule has 0 aliphatic rings. The second kappa shape index (κ2) is 9.05. The van der Waals surface area contributed by atoms with Gasteiger partial charge in [0, 0.05) is 0 Å². The molecule has 1 amide bonds. The van der Waals surface area contributed by atoms with E-state index in [9.17, 15) is 9.59 Å². The quantitative estimate of drug-likeness (QED) is 0.633. The third-order valence-electron chi connectivity index (χ3n) is 3.64. The second-order valence-corrected chi connectivity index (χ2v) is 5.65. The number of esters is 1. The van der Waals surface area contributed by atoms with Crippen molar-refractivity contribution in [3.05, 3.63) is 83.8 Å². The molecule has 0 saturated heterocycles. The van der Waals surface area contributed by atoms with Gasteiger partial charge in [-0.1, -0.05) is 30.3 Å². The first-order valence-corrected chi connectivity index (χ1v) is 8.38. The highest BCUT2D eigenvalue weighted by molar-refractivity contribution is 5.95. The van der Waals surface area contributed by atoms with Gasteiger partial charge in [0.05, 0.1) is 11.3 Å². The monoisotopic (exact) mass is 376 g/mol. The van der Waals surface area contributed by atoms with Gasteiger partial charge in [0.1, 0.15) is 24.2 Å². The summed E-state index contributed by atoms with van der Waals surface area (Å²) in [5.41, 5.74) is 0.667. The molecule has 3 aromatic rings. The molecule has 7 heteroatoms. The second-order valence-electron chi connectivity index (χ2n) is 5.65. The number of anilines is 1. The Balaban J connectivity index is 1.49. The molecule has 28 heavy (non-hydrogen) atoms. The van der Waals surface area contributed by atoms with Crippen molar-refractivity contribution in [1.29, 1.82) is 5.26 Å². The van der Waals surface area contributed by atoms with Crippen LogP contribution in [0.4, 0.5) is 5.69 Å². The van der Waals surface area contributed by atoms with E-state index < -0.39 is 18.5 Å². The van der Waals surface area contributed by atoms with Crippen LogP contribution in [0.25, 0.3) is 0 Å². The Kier molecular flexibility index (Phi) is 6.06. The molecule has 2 aromatic carbocycles. The van der Waals surface area contributed by atoms with Crippen molar-refractivity contribution in [3.8, 4) is 11.8 Å². The molecule has 0 spiro atoms. The van der Waals surface area contributed by atoms with E-state index in [2.05, 4.69) is 5.32 Å². The van der Waals surface area contributed by atoms with Crippen LogP contribution < -0.4 is 10.1 Å². The molecule has 0 bridgehead atoms. The maximum atomic E-state index is 12.0. The molecular formula is C21H16N2O5. The minimum Gasteiger partial charge on any atom is -0.486 e. The molecule has 0 saturated carbocycles. The zero-order chi connectivity index (χ0) is 19.8. The van der Waals surface area contributed by atoms with Crippen LogP contribution >= 0.6 is 0 Å². The lowest BCUT2D eigenvalue weighted by Gasteiger charge is -2.07.